The molecule has 2 heterocycles. The van der Waals surface area contributed by atoms with Crippen LogP contribution < -0.4 is 19.7 Å². The number of rotatable bonds is 8. The number of sulfonamides is 1. The van der Waals surface area contributed by atoms with Crippen molar-refractivity contribution in [2.75, 3.05) is 56.7 Å². The lowest BCUT2D eigenvalue weighted by molar-refractivity contribution is 0.122. The Kier molecular flexibility index (Phi) is 7.11. The zero-order chi connectivity index (χ0) is 21.7. The van der Waals surface area contributed by atoms with E-state index in [4.69, 9.17) is 9.47 Å². The van der Waals surface area contributed by atoms with Gasteiger partial charge >= 0.3 is 0 Å². The molecule has 1 aliphatic heterocycles. The van der Waals surface area contributed by atoms with Gasteiger partial charge in [0.1, 0.15) is 11.6 Å². The fourth-order valence-electron chi connectivity index (χ4n) is 3.31. The van der Waals surface area contributed by atoms with E-state index in [1.54, 1.807) is 26.2 Å². The van der Waals surface area contributed by atoms with Gasteiger partial charge in [-0.15, -0.1) is 0 Å². The number of anilines is 2. The van der Waals surface area contributed by atoms with Gasteiger partial charge in [0.15, 0.2) is 0 Å². The normalized spacial score (nSPS) is 14.6. The Morgan fingerprint density at radius 1 is 1.10 bits per heavy atom. The first-order chi connectivity index (χ1) is 14.3. The van der Waals surface area contributed by atoms with E-state index in [1.165, 1.54) is 0 Å². The molecular weight excluding hydrogens is 406 g/mol. The summed E-state index contributed by atoms with van der Waals surface area (Å²) < 4.78 is 38.7. The summed E-state index contributed by atoms with van der Waals surface area (Å²) in [5.41, 5.74) is 2.33. The van der Waals surface area contributed by atoms with Gasteiger partial charge in [0.25, 0.3) is 0 Å². The molecule has 0 unspecified atom stereocenters. The quantitative estimate of drug-likeness (QED) is 0.603. The van der Waals surface area contributed by atoms with E-state index in [1.807, 2.05) is 19.9 Å². The summed E-state index contributed by atoms with van der Waals surface area (Å²) in [5.74, 6) is 1.99. The maximum Gasteiger partial charge on any atom is 0.240 e. The van der Waals surface area contributed by atoms with Crippen LogP contribution in [0.25, 0.3) is 0 Å². The first-order valence-corrected chi connectivity index (χ1v) is 11.4. The van der Waals surface area contributed by atoms with Crippen LogP contribution in [0.15, 0.2) is 23.1 Å². The summed E-state index contributed by atoms with van der Waals surface area (Å²) in [7, 11) is -2.07. The van der Waals surface area contributed by atoms with E-state index in [-0.39, 0.29) is 11.4 Å². The topological polar surface area (TPSA) is 106 Å². The van der Waals surface area contributed by atoms with Crippen molar-refractivity contribution in [3.63, 3.8) is 0 Å². The minimum Gasteiger partial charge on any atom is -0.496 e. The second-order valence-electron chi connectivity index (χ2n) is 7.13. The molecular formula is C20H29N5O4S. The number of methoxy groups -OCH3 is 1. The number of hydrogen-bond acceptors (Lipinski definition) is 8. The SMILES string of the molecule is COc1ccc(S(=O)(=O)NCCNc2nc(C)cc(N3CCOCC3)n2)c(C)c1C. The molecule has 1 aromatic heterocycles. The van der Waals surface area contributed by atoms with Gasteiger partial charge in [0, 0.05) is 37.9 Å². The van der Waals surface area contributed by atoms with E-state index in [0.29, 0.717) is 37.0 Å². The van der Waals surface area contributed by atoms with Crippen LogP contribution in [0.2, 0.25) is 0 Å². The van der Waals surface area contributed by atoms with Crippen molar-refractivity contribution in [3.8, 4) is 5.75 Å². The molecule has 1 fully saturated rings. The molecule has 0 spiro atoms. The zero-order valence-electron chi connectivity index (χ0n) is 17.9. The molecule has 1 saturated heterocycles. The zero-order valence-corrected chi connectivity index (χ0v) is 18.7. The summed E-state index contributed by atoms with van der Waals surface area (Å²) in [4.78, 5) is 11.4. The number of aromatic nitrogens is 2. The van der Waals surface area contributed by atoms with E-state index >= 15 is 0 Å². The molecule has 10 heteroatoms. The molecule has 0 bridgehead atoms. The van der Waals surface area contributed by atoms with Crippen LogP contribution in [0, 0.1) is 20.8 Å². The molecule has 9 nitrogen and oxygen atoms in total. The number of hydrogen-bond donors (Lipinski definition) is 2. The van der Waals surface area contributed by atoms with Crippen LogP contribution in [-0.4, -0.2) is 64.9 Å². The number of benzene rings is 1. The number of nitrogens with one attached hydrogen (secondary N) is 2. The number of ether oxygens (including phenoxy) is 2. The Hall–Kier alpha value is -2.43. The highest BCUT2D eigenvalue weighted by Crippen LogP contribution is 2.26. The van der Waals surface area contributed by atoms with Crippen LogP contribution in [-0.2, 0) is 14.8 Å². The highest BCUT2D eigenvalue weighted by atomic mass is 32.2. The lowest BCUT2D eigenvalue weighted by atomic mass is 10.1. The van der Waals surface area contributed by atoms with Crippen molar-refractivity contribution in [3.05, 3.63) is 35.0 Å². The van der Waals surface area contributed by atoms with Crippen LogP contribution in [0.4, 0.5) is 11.8 Å². The molecule has 164 valence electrons. The van der Waals surface area contributed by atoms with Gasteiger partial charge in [0.05, 0.1) is 25.2 Å². The van der Waals surface area contributed by atoms with Gasteiger partial charge in [-0.1, -0.05) is 0 Å². The molecule has 0 amide bonds. The molecule has 0 atom stereocenters. The highest BCUT2D eigenvalue weighted by Gasteiger charge is 2.19. The van der Waals surface area contributed by atoms with Crippen LogP contribution >= 0.6 is 0 Å². The lowest BCUT2D eigenvalue weighted by Crippen LogP contribution is -2.37. The van der Waals surface area contributed by atoms with Crippen molar-refractivity contribution >= 4 is 21.8 Å². The van der Waals surface area contributed by atoms with E-state index in [2.05, 4.69) is 24.9 Å². The monoisotopic (exact) mass is 435 g/mol. The van der Waals surface area contributed by atoms with Gasteiger partial charge in [-0.3, -0.25) is 0 Å². The molecule has 2 N–H and O–H groups in total. The lowest BCUT2D eigenvalue weighted by Gasteiger charge is -2.28. The van der Waals surface area contributed by atoms with Crippen molar-refractivity contribution in [1.29, 1.82) is 0 Å². The van der Waals surface area contributed by atoms with Gasteiger partial charge in [-0.2, -0.15) is 4.98 Å². The minimum absolute atomic E-state index is 0.205. The molecule has 0 radical (unpaired) electrons. The van der Waals surface area contributed by atoms with Gasteiger partial charge in [0.2, 0.25) is 16.0 Å². The highest BCUT2D eigenvalue weighted by molar-refractivity contribution is 7.89. The van der Waals surface area contributed by atoms with Crippen LogP contribution in [0.5, 0.6) is 5.75 Å². The Balaban J connectivity index is 1.60. The molecule has 0 aliphatic carbocycles. The first kappa shape index (κ1) is 22.3. The Bertz CT molecular complexity index is 991. The second kappa shape index (κ2) is 9.59. The van der Waals surface area contributed by atoms with Gasteiger partial charge < -0.3 is 19.7 Å². The third-order valence-corrected chi connectivity index (χ3v) is 6.68. The summed E-state index contributed by atoms with van der Waals surface area (Å²) in [6.45, 7) is 9.03. The first-order valence-electron chi connectivity index (χ1n) is 9.88. The largest absolute Gasteiger partial charge is 0.496 e. The average Bonchev–Trinajstić information content (AvgIpc) is 2.73. The van der Waals surface area contributed by atoms with E-state index in [9.17, 15) is 8.42 Å². The predicted octanol–water partition coefficient (Wildman–Crippen LogP) is 1.64. The minimum atomic E-state index is -3.63. The summed E-state index contributed by atoms with van der Waals surface area (Å²) in [5, 5.41) is 3.11. The summed E-state index contributed by atoms with van der Waals surface area (Å²) in [6, 6.07) is 5.17. The number of nitrogens with zero attached hydrogens (tertiary/aromatic N) is 3. The summed E-state index contributed by atoms with van der Waals surface area (Å²) in [6.07, 6.45) is 0. The Morgan fingerprint density at radius 3 is 2.53 bits per heavy atom. The molecule has 2 aromatic rings. The van der Waals surface area contributed by atoms with Crippen molar-refractivity contribution in [1.82, 2.24) is 14.7 Å². The molecule has 30 heavy (non-hydrogen) atoms. The Morgan fingerprint density at radius 2 is 1.83 bits per heavy atom. The smallest absolute Gasteiger partial charge is 0.240 e. The van der Waals surface area contributed by atoms with Crippen molar-refractivity contribution in [2.24, 2.45) is 0 Å². The van der Waals surface area contributed by atoms with E-state index in [0.717, 1.165) is 30.2 Å². The van der Waals surface area contributed by atoms with Crippen LogP contribution in [0.1, 0.15) is 16.8 Å². The molecule has 0 saturated carbocycles. The maximum atomic E-state index is 12.7. The fraction of sp³-hybridized carbons (Fsp3) is 0.500. The molecule has 1 aromatic carbocycles. The van der Waals surface area contributed by atoms with Crippen molar-refractivity contribution in [2.45, 2.75) is 25.7 Å². The third kappa shape index (κ3) is 5.18. The maximum absolute atomic E-state index is 12.7. The van der Waals surface area contributed by atoms with Crippen molar-refractivity contribution < 1.29 is 17.9 Å². The van der Waals surface area contributed by atoms with Gasteiger partial charge in [-0.05, 0) is 44.0 Å². The average molecular weight is 436 g/mol. The number of aryl methyl sites for hydroxylation is 1. The van der Waals surface area contributed by atoms with Gasteiger partial charge in [-0.25, -0.2) is 18.1 Å². The Labute approximate surface area is 177 Å². The molecule has 3 rings (SSSR count). The van der Waals surface area contributed by atoms with E-state index < -0.39 is 10.0 Å². The standard InChI is InChI=1S/C20H29N5O4S/c1-14-13-19(25-9-11-29-12-10-25)24-20(23-14)21-7-8-22-30(26,27)18-6-5-17(28-4)15(2)16(18)3/h5-6,13,22H,7-12H2,1-4H3,(H,21,23,24). The fourth-order valence-corrected chi connectivity index (χ4v) is 4.64. The number of morpholine rings is 1. The summed E-state index contributed by atoms with van der Waals surface area (Å²) >= 11 is 0. The third-order valence-electron chi connectivity index (χ3n) is 5.07. The van der Waals surface area contributed by atoms with Crippen LogP contribution in [0.3, 0.4) is 0 Å². The second-order valence-corrected chi connectivity index (χ2v) is 8.87. The molecule has 1 aliphatic rings. The predicted molar refractivity (Wildman–Crippen MR) is 116 cm³/mol.